The van der Waals surface area contributed by atoms with Gasteiger partial charge >= 0.3 is 0 Å². The summed E-state index contributed by atoms with van der Waals surface area (Å²) >= 11 is 7.76. The van der Waals surface area contributed by atoms with E-state index in [0.717, 1.165) is 15.8 Å². The van der Waals surface area contributed by atoms with Crippen LogP contribution >= 0.6 is 22.9 Å². The van der Waals surface area contributed by atoms with Crippen LogP contribution in [0.5, 0.6) is 5.75 Å². The Morgan fingerprint density at radius 1 is 1.10 bits per heavy atom. The molecule has 4 aromatic rings. The summed E-state index contributed by atoms with van der Waals surface area (Å²) in [7, 11) is 1.59. The molecule has 4 rings (SSSR count). The summed E-state index contributed by atoms with van der Waals surface area (Å²) in [5.74, 6) is 0.581. The first-order valence-electron chi connectivity index (χ1n) is 9.02. The van der Waals surface area contributed by atoms with Crippen LogP contribution in [-0.2, 0) is 17.8 Å². The van der Waals surface area contributed by atoms with Gasteiger partial charge in [0.25, 0.3) is 0 Å². The van der Waals surface area contributed by atoms with Crippen molar-refractivity contribution in [2.75, 3.05) is 12.0 Å². The molecular formula is C22H18ClN3O2S. The van der Waals surface area contributed by atoms with Crippen molar-refractivity contribution in [2.24, 2.45) is 0 Å². The van der Waals surface area contributed by atoms with Crippen molar-refractivity contribution < 1.29 is 9.53 Å². The van der Waals surface area contributed by atoms with E-state index in [9.17, 15) is 4.79 Å². The Morgan fingerprint density at radius 3 is 2.62 bits per heavy atom. The molecule has 0 bridgehead atoms. The highest BCUT2D eigenvalue weighted by molar-refractivity contribution is 7.23. The Labute approximate surface area is 177 Å². The van der Waals surface area contributed by atoms with Crippen molar-refractivity contribution in [1.29, 1.82) is 0 Å². The first-order valence-corrected chi connectivity index (χ1v) is 10.2. The minimum atomic E-state index is -0.0470. The van der Waals surface area contributed by atoms with Crippen molar-refractivity contribution >= 4 is 44.2 Å². The second-order valence-corrected chi connectivity index (χ2v) is 7.81. The molecule has 2 aromatic heterocycles. The molecule has 29 heavy (non-hydrogen) atoms. The van der Waals surface area contributed by atoms with E-state index < -0.39 is 0 Å². The third kappa shape index (κ3) is 4.23. The van der Waals surface area contributed by atoms with Crippen LogP contribution in [0.3, 0.4) is 0 Å². The minimum absolute atomic E-state index is 0.0470. The van der Waals surface area contributed by atoms with Crippen molar-refractivity contribution in [1.82, 2.24) is 9.97 Å². The molecule has 1 amide bonds. The van der Waals surface area contributed by atoms with E-state index in [1.807, 2.05) is 42.5 Å². The molecule has 5 nitrogen and oxygen atoms in total. The molecule has 0 aliphatic carbocycles. The van der Waals surface area contributed by atoms with Crippen LogP contribution in [0.2, 0.25) is 5.02 Å². The van der Waals surface area contributed by atoms with Gasteiger partial charge in [0.2, 0.25) is 5.91 Å². The summed E-state index contributed by atoms with van der Waals surface area (Å²) in [5, 5.41) is 1.16. The number of halogens is 1. The van der Waals surface area contributed by atoms with Crippen LogP contribution in [-0.4, -0.2) is 23.0 Å². The maximum absolute atomic E-state index is 13.2. The third-order valence-corrected chi connectivity index (χ3v) is 6.00. The molecule has 0 saturated carbocycles. The van der Waals surface area contributed by atoms with Crippen LogP contribution in [0.4, 0.5) is 5.13 Å². The molecule has 2 aromatic carbocycles. The highest BCUT2D eigenvalue weighted by atomic mass is 35.5. The Bertz CT molecular complexity index is 1130. The van der Waals surface area contributed by atoms with Gasteiger partial charge in [-0.15, -0.1) is 0 Å². The maximum Gasteiger partial charge on any atom is 0.233 e. The molecular weight excluding hydrogens is 406 g/mol. The van der Waals surface area contributed by atoms with E-state index in [1.165, 1.54) is 11.3 Å². The van der Waals surface area contributed by atoms with Gasteiger partial charge in [0.15, 0.2) is 5.13 Å². The minimum Gasteiger partial charge on any atom is -0.494 e. The number of hydrogen-bond donors (Lipinski definition) is 0. The normalized spacial score (nSPS) is 10.8. The number of nitrogens with zero attached hydrogens (tertiary/aromatic N) is 3. The maximum atomic E-state index is 13.2. The largest absolute Gasteiger partial charge is 0.494 e. The molecule has 0 atom stereocenters. The number of pyridine rings is 1. The zero-order chi connectivity index (χ0) is 20.2. The van der Waals surface area contributed by atoms with Gasteiger partial charge in [-0.1, -0.05) is 59.3 Å². The highest BCUT2D eigenvalue weighted by Crippen LogP contribution is 2.39. The van der Waals surface area contributed by atoms with Gasteiger partial charge in [-0.05, 0) is 29.3 Å². The van der Waals surface area contributed by atoms with Crippen LogP contribution in [0.15, 0.2) is 67.0 Å². The van der Waals surface area contributed by atoms with Crippen LogP contribution in [0.1, 0.15) is 11.1 Å². The summed E-state index contributed by atoms with van der Waals surface area (Å²) < 4.78 is 6.22. The summed E-state index contributed by atoms with van der Waals surface area (Å²) in [5.41, 5.74) is 2.53. The number of hydrogen-bond acceptors (Lipinski definition) is 5. The van der Waals surface area contributed by atoms with Crippen molar-refractivity contribution in [2.45, 2.75) is 13.0 Å². The average molecular weight is 424 g/mol. The lowest BCUT2D eigenvalue weighted by atomic mass is 10.1. The number of thiazole rings is 1. The van der Waals surface area contributed by atoms with Crippen molar-refractivity contribution in [3.05, 3.63) is 83.1 Å². The van der Waals surface area contributed by atoms with Gasteiger partial charge in [-0.25, -0.2) is 4.98 Å². The van der Waals surface area contributed by atoms with Gasteiger partial charge in [0.1, 0.15) is 11.3 Å². The first kappa shape index (κ1) is 19.4. The number of fused-ring (bicyclic) bond motifs is 1. The Kier molecular flexibility index (Phi) is 5.74. The number of anilines is 1. The smallest absolute Gasteiger partial charge is 0.233 e. The number of aromatic nitrogens is 2. The zero-order valence-corrected chi connectivity index (χ0v) is 17.3. The molecule has 7 heteroatoms. The molecule has 0 fully saturated rings. The Hall–Kier alpha value is -2.96. The molecule has 146 valence electrons. The van der Waals surface area contributed by atoms with Gasteiger partial charge < -0.3 is 4.74 Å². The monoisotopic (exact) mass is 423 g/mol. The van der Waals surface area contributed by atoms with E-state index >= 15 is 0 Å². The van der Waals surface area contributed by atoms with Gasteiger partial charge in [0, 0.05) is 12.4 Å². The molecule has 0 aliphatic rings. The highest BCUT2D eigenvalue weighted by Gasteiger charge is 2.22. The number of rotatable bonds is 6. The fraction of sp³-hybridized carbons (Fsp3) is 0.136. The molecule has 0 N–H and O–H groups in total. The summed E-state index contributed by atoms with van der Waals surface area (Å²) in [6, 6.07) is 17.0. The first-order chi connectivity index (χ1) is 14.2. The lowest BCUT2D eigenvalue weighted by Crippen LogP contribution is -2.31. The van der Waals surface area contributed by atoms with E-state index in [4.69, 9.17) is 21.3 Å². The number of methoxy groups -OCH3 is 1. The predicted molar refractivity (Wildman–Crippen MR) is 117 cm³/mol. The molecule has 2 heterocycles. The van der Waals surface area contributed by atoms with E-state index in [2.05, 4.69) is 4.98 Å². The topological polar surface area (TPSA) is 55.3 Å². The Morgan fingerprint density at radius 2 is 1.90 bits per heavy atom. The number of benzene rings is 2. The lowest BCUT2D eigenvalue weighted by molar-refractivity contribution is -0.118. The van der Waals surface area contributed by atoms with Gasteiger partial charge in [-0.2, -0.15) is 0 Å². The summed E-state index contributed by atoms with van der Waals surface area (Å²) in [6.07, 6.45) is 3.74. The molecule has 0 saturated heterocycles. The summed E-state index contributed by atoms with van der Waals surface area (Å²) in [4.78, 5) is 23.8. The van der Waals surface area contributed by atoms with E-state index in [1.54, 1.807) is 36.5 Å². The molecule has 0 spiro atoms. The SMILES string of the molecule is COc1ccc(Cl)c2sc(N(Cc3cccnc3)C(=O)Cc3ccccc3)nc12. The number of carbonyl (C=O) groups excluding carboxylic acids is 1. The zero-order valence-electron chi connectivity index (χ0n) is 15.7. The quantitative estimate of drug-likeness (QED) is 0.431. The summed E-state index contributed by atoms with van der Waals surface area (Å²) in [6.45, 7) is 0.374. The number of ether oxygens (including phenoxy) is 1. The van der Waals surface area contributed by atoms with Gasteiger partial charge in [-0.3, -0.25) is 14.7 Å². The molecule has 0 unspecified atom stereocenters. The van der Waals surface area contributed by atoms with Crippen LogP contribution in [0.25, 0.3) is 10.2 Å². The molecule has 0 radical (unpaired) electrons. The van der Waals surface area contributed by atoms with Crippen molar-refractivity contribution in [3.8, 4) is 5.75 Å². The third-order valence-electron chi connectivity index (χ3n) is 4.46. The predicted octanol–water partition coefficient (Wildman–Crippen LogP) is 5.13. The number of amides is 1. The fourth-order valence-corrected chi connectivity index (χ4v) is 4.30. The average Bonchev–Trinajstić information content (AvgIpc) is 3.20. The molecule has 0 aliphatic heterocycles. The van der Waals surface area contributed by atoms with Crippen LogP contribution < -0.4 is 9.64 Å². The second kappa shape index (κ2) is 8.59. The van der Waals surface area contributed by atoms with Crippen LogP contribution in [0, 0.1) is 0 Å². The van der Waals surface area contributed by atoms with Crippen molar-refractivity contribution in [3.63, 3.8) is 0 Å². The Balaban J connectivity index is 1.74. The number of carbonyl (C=O) groups is 1. The fourth-order valence-electron chi connectivity index (χ4n) is 3.02. The second-order valence-electron chi connectivity index (χ2n) is 6.43. The standard InChI is InChI=1S/C22H18ClN3O2S/c1-28-18-10-9-17(23)21-20(18)25-22(29-21)26(14-16-8-5-11-24-13-16)19(27)12-15-6-3-2-4-7-15/h2-11,13H,12,14H2,1H3. The van der Waals surface area contributed by atoms with Gasteiger partial charge in [0.05, 0.1) is 29.8 Å². The lowest BCUT2D eigenvalue weighted by Gasteiger charge is -2.20. The van der Waals surface area contributed by atoms with E-state index in [0.29, 0.717) is 28.0 Å². The van der Waals surface area contributed by atoms with E-state index in [-0.39, 0.29) is 12.3 Å².